The molecule has 0 atom stereocenters. The van der Waals surface area contributed by atoms with Gasteiger partial charge in [0, 0.05) is 12.6 Å². The highest BCUT2D eigenvalue weighted by Gasteiger charge is 2.09. The molecule has 0 aliphatic rings. The van der Waals surface area contributed by atoms with Crippen molar-refractivity contribution in [3.63, 3.8) is 0 Å². The number of nitrogens with two attached hydrogens (primary N) is 1. The highest BCUT2D eigenvalue weighted by atomic mass is 16.3. The van der Waals surface area contributed by atoms with Crippen LogP contribution in [0, 0.1) is 5.92 Å². The summed E-state index contributed by atoms with van der Waals surface area (Å²) in [5.74, 6) is 1.24. The normalized spacial score (nSPS) is 11.4. The number of aromatic nitrogens is 2. The van der Waals surface area contributed by atoms with E-state index in [2.05, 4.69) is 18.8 Å². The molecule has 15 heavy (non-hydrogen) atoms. The number of phenols is 1. The molecule has 0 aliphatic heterocycles. The summed E-state index contributed by atoms with van der Waals surface area (Å²) in [6.07, 6.45) is 0. The number of imidazole rings is 1. The zero-order chi connectivity index (χ0) is 11.0. The maximum absolute atomic E-state index is 9.42. The molecule has 0 radical (unpaired) electrons. The summed E-state index contributed by atoms with van der Waals surface area (Å²) in [5, 5.41) is 9.42. The maximum atomic E-state index is 9.42. The van der Waals surface area contributed by atoms with Crippen molar-refractivity contribution < 1.29 is 5.11 Å². The zero-order valence-electron chi connectivity index (χ0n) is 8.94. The smallest absolute Gasteiger partial charge is 0.201 e. The largest absolute Gasteiger partial charge is 0.508 e. The van der Waals surface area contributed by atoms with Crippen LogP contribution in [0.1, 0.15) is 13.8 Å². The van der Waals surface area contributed by atoms with Crippen molar-refractivity contribution in [2.24, 2.45) is 5.92 Å². The lowest BCUT2D eigenvalue weighted by atomic mass is 10.2. The van der Waals surface area contributed by atoms with Crippen LogP contribution in [0.5, 0.6) is 5.75 Å². The quantitative estimate of drug-likeness (QED) is 0.788. The lowest BCUT2D eigenvalue weighted by Gasteiger charge is -2.08. The van der Waals surface area contributed by atoms with E-state index in [0.29, 0.717) is 11.9 Å². The van der Waals surface area contributed by atoms with E-state index in [1.807, 2.05) is 4.57 Å². The fourth-order valence-electron chi connectivity index (χ4n) is 1.69. The molecule has 1 aromatic carbocycles. The van der Waals surface area contributed by atoms with Gasteiger partial charge in [-0.3, -0.25) is 0 Å². The second kappa shape index (κ2) is 3.46. The fraction of sp³-hybridized carbons (Fsp3) is 0.364. The number of hydrogen-bond donors (Lipinski definition) is 2. The number of phenolic OH excluding ortho intramolecular Hbond substituents is 1. The first kappa shape index (κ1) is 9.83. The molecular weight excluding hydrogens is 190 g/mol. The van der Waals surface area contributed by atoms with Gasteiger partial charge in [0.1, 0.15) is 5.75 Å². The summed E-state index contributed by atoms with van der Waals surface area (Å²) in [7, 11) is 0. The molecule has 0 aliphatic carbocycles. The third-order valence-corrected chi connectivity index (χ3v) is 2.31. The summed E-state index contributed by atoms with van der Waals surface area (Å²) in [6, 6.07) is 5.09. The van der Waals surface area contributed by atoms with Gasteiger partial charge in [-0.2, -0.15) is 0 Å². The van der Waals surface area contributed by atoms with E-state index < -0.39 is 0 Å². The first-order chi connectivity index (χ1) is 7.08. The van der Waals surface area contributed by atoms with Gasteiger partial charge >= 0.3 is 0 Å². The van der Waals surface area contributed by atoms with E-state index in [-0.39, 0.29) is 5.75 Å². The average Bonchev–Trinajstić information content (AvgIpc) is 2.43. The topological polar surface area (TPSA) is 64.1 Å². The number of nitrogens with zero attached hydrogens (tertiary/aromatic N) is 2. The third kappa shape index (κ3) is 1.75. The highest BCUT2D eigenvalue weighted by Crippen LogP contribution is 2.23. The Morgan fingerprint density at radius 3 is 2.87 bits per heavy atom. The monoisotopic (exact) mass is 205 g/mol. The van der Waals surface area contributed by atoms with Crippen LogP contribution < -0.4 is 5.73 Å². The highest BCUT2D eigenvalue weighted by molar-refractivity contribution is 5.79. The van der Waals surface area contributed by atoms with E-state index in [9.17, 15) is 5.11 Å². The van der Waals surface area contributed by atoms with Crippen LogP contribution in [0.2, 0.25) is 0 Å². The number of nitrogen functional groups attached to an aromatic ring is 1. The molecule has 0 fully saturated rings. The van der Waals surface area contributed by atoms with Gasteiger partial charge < -0.3 is 15.4 Å². The number of anilines is 1. The lowest BCUT2D eigenvalue weighted by Crippen LogP contribution is -2.07. The summed E-state index contributed by atoms with van der Waals surface area (Å²) < 4.78 is 1.93. The van der Waals surface area contributed by atoms with Crippen molar-refractivity contribution in [1.29, 1.82) is 0 Å². The van der Waals surface area contributed by atoms with Crippen LogP contribution in [0.25, 0.3) is 11.0 Å². The van der Waals surface area contributed by atoms with Crippen molar-refractivity contribution in [3.05, 3.63) is 18.2 Å². The SMILES string of the molecule is CC(C)Cn1c(N)nc2ccc(O)cc21. The molecule has 0 unspecified atom stereocenters. The minimum atomic E-state index is 0.243. The number of hydrogen-bond acceptors (Lipinski definition) is 3. The minimum absolute atomic E-state index is 0.243. The minimum Gasteiger partial charge on any atom is -0.508 e. The fourth-order valence-corrected chi connectivity index (χ4v) is 1.69. The van der Waals surface area contributed by atoms with Crippen LogP contribution in [-0.2, 0) is 6.54 Å². The maximum Gasteiger partial charge on any atom is 0.201 e. The molecule has 80 valence electrons. The second-order valence-electron chi connectivity index (χ2n) is 4.15. The Morgan fingerprint density at radius 1 is 1.47 bits per heavy atom. The number of fused-ring (bicyclic) bond motifs is 1. The van der Waals surface area contributed by atoms with Gasteiger partial charge in [0.05, 0.1) is 11.0 Å². The first-order valence-corrected chi connectivity index (χ1v) is 5.02. The van der Waals surface area contributed by atoms with Gasteiger partial charge in [-0.15, -0.1) is 0 Å². The zero-order valence-corrected chi connectivity index (χ0v) is 8.94. The van der Waals surface area contributed by atoms with E-state index in [1.165, 1.54) is 0 Å². The average molecular weight is 205 g/mol. The van der Waals surface area contributed by atoms with Gasteiger partial charge in [-0.05, 0) is 18.1 Å². The second-order valence-corrected chi connectivity index (χ2v) is 4.15. The van der Waals surface area contributed by atoms with Gasteiger partial charge in [-0.25, -0.2) is 4.98 Å². The molecule has 0 amide bonds. The summed E-state index contributed by atoms with van der Waals surface area (Å²) in [5.41, 5.74) is 7.54. The molecule has 4 nitrogen and oxygen atoms in total. The molecule has 2 aromatic rings. The lowest BCUT2D eigenvalue weighted by molar-refractivity contribution is 0.475. The van der Waals surface area contributed by atoms with Crippen LogP contribution in [0.3, 0.4) is 0 Å². The Bertz CT molecular complexity index is 488. The van der Waals surface area contributed by atoms with Crippen molar-refractivity contribution in [1.82, 2.24) is 9.55 Å². The molecule has 0 spiro atoms. The summed E-state index contributed by atoms with van der Waals surface area (Å²) >= 11 is 0. The van der Waals surface area contributed by atoms with Crippen molar-refractivity contribution >= 4 is 17.0 Å². The Balaban J connectivity index is 2.60. The predicted octanol–water partition coefficient (Wildman–Crippen LogP) is 1.98. The summed E-state index contributed by atoms with van der Waals surface area (Å²) in [6.45, 7) is 5.05. The van der Waals surface area contributed by atoms with Crippen LogP contribution in [-0.4, -0.2) is 14.7 Å². The number of benzene rings is 1. The van der Waals surface area contributed by atoms with Crippen LogP contribution in [0.4, 0.5) is 5.95 Å². The Kier molecular flexibility index (Phi) is 2.26. The molecule has 0 bridgehead atoms. The van der Waals surface area contributed by atoms with Crippen LogP contribution >= 0.6 is 0 Å². The molecule has 1 heterocycles. The third-order valence-electron chi connectivity index (χ3n) is 2.31. The van der Waals surface area contributed by atoms with E-state index in [4.69, 9.17) is 5.73 Å². The molecular formula is C11H15N3O. The van der Waals surface area contributed by atoms with E-state index in [0.717, 1.165) is 17.6 Å². The standard InChI is InChI=1S/C11H15N3O/c1-7(2)6-14-10-5-8(15)3-4-9(10)13-11(14)12/h3-5,7,15H,6H2,1-2H3,(H2,12,13). The van der Waals surface area contributed by atoms with Crippen molar-refractivity contribution in [2.45, 2.75) is 20.4 Å². The Hall–Kier alpha value is -1.71. The molecule has 2 rings (SSSR count). The number of rotatable bonds is 2. The van der Waals surface area contributed by atoms with Gasteiger partial charge in [0.25, 0.3) is 0 Å². The molecule has 4 heteroatoms. The predicted molar refractivity (Wildman–Crippen MR) is 60.6 cm³/mol. The Morgan fingerprint density at radius 2 is 2.20 bits per heavy atom. The van der Waals surface area contributed by atoms with Crippen LogP contribution in [0.15, 0.2) is 18.2 Å². The van der Waals surface area contributed by atoms with Gasteiger partial charge in [-0.1, -0.05) is 13.8 Å². The van der Waals surface area contributed by atoms with E-state index in [1.54, 1.807) is 18.2 Å². The molecule has 3 N–H and O–H groups in total. The molecule has 0 saturated carbocycles. The summed E-state index contributed by atoms with van der Waals surface area (Å²) in [4.78, 5) is 4.24. The van der Waals surface area contributed by atoms with Crippen molar-refractivity contribution in [3.8, 4) is 5.75 Å². The Labute approximate surface area is 88.3 Å². The first-order valence-electron chi connectivity index (χ1n) is 5.02. The van der Waals surface area contributed by atoms with Crippen molar-refractivity contribution in [2.75, 3.05) is 5.73 Å². The van der Waals surface area contributed by atoms with Gasteiger partial charge in [0.2, 0.25) is 5.95 Å². The van der Waals surface area contributed by atoms with Gasteiger partial charge in [0.15, 0.2) is 0 Å². The molecule has 0 saturated heterocycles. The molecule has 1 aromatic heterocycles. The number of aromatic hydroxyl groups is 1. The van der Waals surface area contributed by atoms with E-state index >= 15 is 0 Å².